The third-order valence-corrected chi connectivity index (χ3v) is 3.45. The number of carbonyl (C=O) groups excluding carboxylic acids is 2. The predicted molar refractivity (Wildman–Crippen MR) is 94.6 cm³/mol. The largest absolute Gasteiger partial charge is 0.482 e. The molecule has 126 valence electrons. The Morgan fingerprint density at radius 3 is 2.67 bits per heavy atom. The van der Waals surface area contributed by atoms with Gasteiger partial charge in [0.2, 0.25) is 0 Å². The number of hydrogen-bond donors (Lipinski definition) is 2. The lowest BCUT2D eigenvalue weighted by Gasteiger charge is -2.10. The average molecular weight is 347 g/mol. The van der Waals surface area contributed by atoms with Crippen molar-refractivity contribution in [2.45, 2.75) is 13.3 Å². The fraction of sp³-hybridized carbons (Fsp3) is 0.222. The second-order valence-electron chi connectivity index (χ2n) is 5.10. The van der Waals surface area contributed by atoms with E-state index in [1.165, 1.54) is 0 Å². The molecule has 0 saturated carbocycles. The molecular formula is C18H19ClN2O3. The summed E-state index contributed by atoms with van der Waals surface area (Å²) in [6.45, 7) is 2.42. The first-order valence-corrected chi connectivity index (χ1v) is 8.03. The van der Waals surface area contributed by atoms with E-state index in [4.69, 9.17) is 16.3 Å². The van der Waals surface area contributed by atoms with Gasteiger partial charge in [-0.2, -0.15) is 0 Å². The van der Waals surface area contributed by atoms with Crippen molar-refractivity contribution in [2.75, 3.05) is 18.5 Å². The molecule has 6 heteroatoms. The molecule has 2 amide bonds. The summed E-state index contributed by atoms with van der Waals surface area (Å²) in [6, 6.07) is 13.7. The minimum atomic E-state index is -0.332. The van der Waals surface area contributed by atoms with Crippen molar-refractivity contribution in [3.63, 3.8) is 0 Å². The van der Waals surface area contributed by atoms with Gasteiger partial charge in [0.25, 0.3) is 11.8 Å². The third-order valence-electron chi connectivity index (χ3n) is 3.14. The molecule has 0 bridgehead atoms. The van der Waals surface area contributed by atoms with Crippen molar-refractivity contribution in [3.05, 3.63) is 59.1 Å². The zero-order chi connectivity index (χ0) is 17.4. The maximum absolute atomic E-state index is 12.0. The molecule has 0 aromatic heterocycles. The van der Waals surface area contributed by atoms with Gasteiger partial charge in [-0.3, -0.25) is 9.59 Å². The number of benzene rings is 2. The van der Waals surface area contributed by atoms with Crippen molar-refractivity contribution < 1.29 is 14.3 Å². The van der Waals surface area contributed by atoms with Crippen LogP contribution in [0.3, 0.4) is 0 Å². The van der Waals surface area contributed by atoms with E-state index in [1.807, 2.05) is 6.92 Å². The Kier molecular flexibility index (Phi) is 6.63. The normalized spacial score (nSPS) is 10.1. The van der Waals surface area contributed by atoms with Crippen molar-refractivity contribution in [1.29, 1.82) is 0 Å². The Morgan fingerprint density at radius 2 is 1.92 bits per heavy atom. The van der Waals surface area contributed by atoms with Crippen LogP contribution >= 0.6 is 11.6 Å². The number of ether oxygens (including phenoxy) is 1. The molecular weight excluding hydrogens is 328 g/mol. The van der Waals surface area contributed by atoms with Crippen molar-refractivity contribution in [3.8, 4) is 5.75 Å². The van der Waals surface area contributed by atoms with Crippen LogP contribution in [0.1, 0.15) is 23.7 Å². The number of halogens is 1. The quantitative estimate of drug-likeness (QED) is 0.806. The molecule has 0 fully saturated rings. The highest BCUT2D eigenvalue weighted by Crippen LogP contribution is 2.23. The fourth-order valence-electron chi connectivity index (χ4n) is 1.98. The summed E-state index contributed by atoms with van der Waals surface area (Å²) < 4.78 is 5.38. The summed E-state index contributed by atoms with van der Waals surface area (Å²) in [5.41, 5.74) is 1.03. The van der Waals surface area contributed by atoms with Gasteiger partial charge >= 0.3 is 0 Å². The molecule has 2 N–H and O–H groups in total. The molecule has 0 heterocycles. The number of carbonyl (C=O) groups is 2. The molecule has 2 rings (SSSR count). The first-order valence-electron chi connectivity index (χ1n) is 7.65. The molecule has 0 atom stereocenters. The summed E-state index contributed by atoms with van der Waals surface area (Å²) >= 11 is 5.96. The van der Waals surface area contributed by atoms with E-state index in [-0.39, 0.29) is 18.4 Å². The number of nitrogens with one attached hydrogen (secondary N) is 2. The van der Waals surface area contributed by atoms with E-state index < -0.39 is 0 Å². The molecule has 5 nitrogen and oxygen atoms in total. The van der Waals surface area contributed by atoms with Crippen molar-refractivity contribution in [1.82, 2.24) is 5.32 Å². The lowest BCUT2D eigenvalue weighted by Crippen LogP contribution is -2.24. The minimum absolute atomic E-state index is 0.166. The number of hydrogen-bond acceptors (Lipinski definition) is 3. The summed E-state index contributed by atoms with van der Waals surface area (Å²) in [6.07, 6.45) is 0.863. The van der Waals surface area contributed by atoms with Crippen molar-refractivity contribution >= 4 is 29.1 Å². The van der Waals surface area contributed by atoms with Crippen LogP contribution in [0, 0.1) is 0 Å². The Labute approximate surface area is 146 Å². The van der Waals surface area contributed by atoms with Crippen LogP contribution in [-0.2, 0) is 4.79 Å². The van der Waals surface area contributed by atoms with Crippen LogP contribution in [-0.4, -0.2) is 25.0 Å². The Hall–Kier alpha value is -2.53. The Balaban J connectivity index is 1.92. The van der Waals surface area contributed by atoms with Gasteiger partial charge in [-0.1, -0.05) is 36.7 Å². The summed E-state index contributed by atoms with van der Waals surface area (Å²) in [5, 5.41) is 5.93. The Morgan fingerprint density at radius 1 is 1.12 bits per heavy atom. The lowest BCUT2D eigenvalue weighted by atomic mass is 10.2. The van der Waals surface area contributed by atoms with E-state index in [2.05, 4.69) is 10.6 Å². The average Bonchev–Trinajstić information content (AvgIpc) is 2.59. The van der Waals surface area contributed by atoms with E-state index in [0.29, 0.717) is 28.6 Å². The second kappa shape index (κ2) is 8.93. The fourth-order valence-corrected chi connectivity index (χ4v) is 2.17. The third kappa shape index (κ3) is 5.28. The molecule has 24 heavy (non-hydrogen) atoms. The van der Waals surface area contributed by atoms with E-state index >= 15 is 0 Å². The number of para-hydroxylation sites is 1. The van der Waals surface area contributed by atoms with E-state index in [0.717, 1.165) is 6.42 Å². The second-order valence-corrected chi connectivity index (χ2v) is 5.51. The van der Waals surface area contributed by atoms with Crippen LogP contribution in [0.25, 0.3) is 0 Å². The number of anilines is 1. The zero-order valence-corrected chi connectivity index (χ0v) is 14.1. The van der Waals surface area contributed by atoms with Gasteiger partial charge in [0, 0.05) is 17.8 Å². The number of rotatable bonds is 7. The molecule has 2 aromatic carbocycles. The zero-order valence-electron chi connectivity index (χ0n) is 13.3. The highest BCUT2D eigenvalue weighted by atomic mass is 35.5. The van der Waals surface area contributed by atoms with Crippen LogP contribution in [0.15, 0.2) is 48.5 Å². The molecule has 0 unspecified atom stereocenters. The number of amides is 2. The van der Waals surface area contributed by atoms with Crippen LogP contribution in [0.5, 0.6) is 5.75 Å². The van der Waals surface area contributed by atoms with Gasteiger partial charge < -0.3 is 15.4 Å². The molecule has 0 aliphatic heterocycles. The van der Waals surface area contributed by atoms with Crippen LogP contribution < -0.4 is 15.4 Å². The summed E-state index contributed by atoms with van der Waals surface area (Å²) in [4.78, 5) is 23.9. The van der Waals surface area contributed by atoms with Gasteiger partial charge in [-0.25, -0.2) is 0 Å². The summed E-state index contributed by atoms with van der Waals surface area (Å²) in [7, 11) is 0. The first-order chi connectivity index (χ1) is 11.6. The molecule has 0 aliphatic rings. The maximum Gasteiger partial charge on any atom is 0.262 e. The highest BCUT2D eigenvalue weighted by molar-refractivity contribution is 6.32. The molecule has 2 aromatic rings. The van der Waals surface area contributed by atoms with E-state index in [1.54, 1.807) is 48.5 Å². The summed E-state index contributed by atoms with van der Waals surface area (Å²) in [5.74, 6) is -0.0525. The molecule has 0 aliphatic carbocycles. The van der Waals surface area contributed by atoms with Crippen molar-refractivity contribution in [2.24, 2.45) is 0 Å². The predicted octanol–water partition coefficient (Wildman–Crippen LogP) is 3.50. The first kappa shape index (κ1) is 17.8. The smallest absolute Gasteiger partial charge is 0.262 e. The molecule has 0 radical (unpaired) electrons. The van der Waals surface area contributed by atoms with Crippen LogP contribution in [0.2, 0.25) is 5.02 Å². The highest BCUT2D eigenvalue weighted by Gasteiger charge is 2.09. The van der Waals surface area contributed by atoms with Gasteiger partial charge in [-0.15, -0.1) is 0 Å². The van der Waals surface area contributed by atoms with Gasteiger partial charge in [0.05, 0.1) is 5.02 Å². The lowest BCUT2D eigenvalue weighted by molar-refractivity contribution is -0.118. The SMILES string of the molecule is CCCNC(=O)c1cccc(NC(=O)COc2ccccc2Cl)c1. The molecule has 0 saturated heterocycles. The minimum Gasteiger partial charge on any atom is -0.482 e. The molecule has 0 spiro atoms. The Bertz CT molecular complexity index is 719. The van der Waals surface area contributed by atoms with E-state index in [9.17, 15) is 9.59 Å². The monoisotopic (exact) mass is 346 g/mol. The van der Waals surface area contributed by atoms with Gasteiger partial charge in [0.1, 0.15) is 5.75 Å². The maximum atomic E-state index is 12.0. The van der Waals surface area contributed by atoms with Crippen LogP contribution in [0.4, 0.5) is 5.69 Å². The topological polar surface area (TPSA) is 67.4 Å². The van der Waals surface area contributed by atoms with Gasteiger partial charge in [-0.05, 0) is 36.8 Å². The standard InChI is InChI=1S/C18H19ClN2O3/c1-2-10-20-18(23)13-6-5-7-14(11-13)21-17(22)12-24-16-9-4-3-8-15(16)19/h3-9,11H,2,10,12H2,1H3,(H,20,23)(H,21,22). The van der Waals surface area contributed by atoms with Gasteiger partial charge in [0.15, 0.2) is 6.61 Å².